The zero-order chi connectivity index (χ0) is 13.2. The van der Waals surface area contributed by atoms with Gasteiger partial charge in [-0.2, -0.15) is 0 Å². The Kier molecular flexibility index (Phi) is 4.11. The van der Waals surface area contributed by atoms with E-state index in [0.717, 1.165) is 0 Å². The minimum absolute atomic E-state index is 0.0608. The molecule has 0 spiro atoms. The lowest BCUT2D eigenvalue weighted by molar-refractivity contribution is -0.173. The van der Waals surface area contributed by atoms with Crippen molar-refractivity contribution in [3.63, 3.8) is 0 Å². The van der Waals surface area contributed by atoms with Crippen LogP contribution in [-0.4, -0.2) is 59.9 Å². The number of nitrogens with zero attached hydrogens (tertiary/aromatic N) is 1. The van der Waals surface area contributed by atoms with E-state index in [0.29, 0.717) is 6.54 Å². The molecule has 0 saturated carbocycles. The van der Waals surface area contributed by atoms with Crippen molar-refractivity contribution < 1.29 is 24.2 Å². The standard InChI is InChI=1S/C11H19NO5/c1-7-5-12(6-8(17-7)9(13)14)10(15)11(2,3)16-4/h7-8H,5-6H2,1-4H3,(H,13,14)/t7-,8?/m1/s1. The Balaban J connectivity index is 2.77. The molecule has 0 radical (unpaired) electrons. The van der Waals surface area contributed by atoms with Crippen molar-refractivity contribution in [2.75, 3.05) is 20.2 Å². The van der Waals surface area contributed by atoms with E-state index in [4.69, 9.17) is 14.6 Å². The van der Waals surface area contributed by atoms with Gasteiger partial charge in [0, 0.05) is 13.7 Å². The van der Waals surface area contributed by atoms with Crippen LogP contribution in [0.15, 0.2) is 0 Å². The van der Waals surface area contributed by atoms with E-state index in [1.165, 1.54) is 12.0 Å². The molecule has 1 amide bonds. The number of carboxylic acids is 1. The summed E-state index contributed by atoms with van der Waals surface area (Å²) in [6.45, 7) is 5.51. The van der Waals surface area contributed by atoms with Crippen molar-refractivity contribution in [1.82, 2.24) is 4.90 Å². The molecule has 1 saturated heterocycles. The highest BCUT2D eigenvalue weighted by molar-refractivity contribution is 5.85. The molecule has 6 nitrogen and oxygen atoms in total. The normalized spacial score (nSPS) is 25.8. The number of carbonyl (C=O) groups excluding carboxylic acids is 1. The SMILES string of the molecule is COC(C)(C)C(=O)N1CC(C(=O)O)O[C@H](C)C1. The lowest BCUT2D eigenvalue weighted by Crippen LogP contribution is -2.56. The second kappa shape index (κ2) is 5.01. The maximum atomic E-state index is 12.1. The quantitative estimate of drug-likeness (QED) is 0.763. The molecule has 0 bridgehead atoms. The lowest BCUT2D eigenvalue weighted by atomic mass is 10.1. The minimum atomic E-state index is -1.05. The average Bonchev–Trinajstić information content (AvgIpc) is 2.27. The predicted octanol–water partition coefficient (Wildman–Crippen LogP) is 0.112. The van der Waals surface area contributed by atoms with Crippen molar-refractivity contribution in [2.24, 2.45) is 0 Å². The third-order valence-electron chi connectivity index (χ3n) is 2.85. The highest BCUT2D eigenvalue weighted by Crippen LogP contribution is 2.18. The lowest BCUT2D eigenvalue weighted by Gasteiger charge is -2.38. The maximum Gasteiger partial charge on any atom is 0.334 e. The summed E-state index contributed by atoms with van der Waals surface area (Å²) in [5.41, 5.74) is -0.944. The van der Waals surface area contributed by atoms with E-state index >= 15 is 0 Å². The van der Waals surface area contributed by atoms with Crippen molar-refractivity contribution in [1.29, 1.82) is 0 Å². The van der Waals surface area contributed by atoms with Crippen LogP contribution in [0.2, 0.25) is 0 Å². The van der Waals surface area contributed by atoms with Crippen LogP contribution in [0.1, 0.15) is 20.8 Å². The summed E-state index contributed by atoms with van der Waals surface area (Å²) in [6.07, 6.45) is -1.25. The van der Waals surface area contributed by atoms with Gasteiger partial charge in [-0.15, -0.1) is 0 Å². The Hall–Kier alpha value is -1.14. The highest BCUT2D eigenvalue weighted by Gasteiger charge is 2.38. The molecule has 6 heteroatoms. The summed E-state index contributed by atoms with van der Waals surface area (Å²) >= 11 is 0. The largest absolute Gasteiger partial charge is 0.479 e. The predicted molar refractivity (Wildman–Crippen MR) is 59.6 cm³/mol. The summed E-state index contributed by atoms with van der Waals surface area (Å²) in [5, 5.41) is 8.92. The molecule has 98 valence electrons. The Morgan fingerprint density at radius 2 is 2.00 bits per heavy atom. The Morgan fingerprint density at radius 3 is 2.47 bits per heavy atom. The number of rotatable bonds is 3. The number of ether oxygens (including phenoxy) is 2. The summed E-state index contributed by atoms with van der Waals surface area (Å²) in [7, 11) is 1.45. The van der Waals surface area contributed by atoms with Crippen molar-refractivity contribution in [3.05, 3.63) is 0 Å². The van der Waals surface area contributed by atoms with E-state index in [1.54, 1.807) is 20.8 Å². The summed E-state index contributed by atoms with van der Waals surface area (Å²) in [4.78, 5) is 24.5. The molecule has 1 heterocycles. The van der Waals surface area contributed by atoms with Gasteiger partial charge >= 0.3 is 5.97 Å². The van der Waals surface area contributed by atoms with Gasteiger partial charge in [-0.05, 0) is 20.8 Å². The van der Waals surface area contributed by atoms with Crippen LogP contribution >= 0.6 is 0 Å². The highest BCUT2D eigenvalue weighted by atomic mass is 16.5. The summed E-state index contributed by atoms with van der Waals surface area (Å²) < 4.78 is 10.3. The van der Waals surface area contributed by atoms with Gasteiger partial charge in [-0.1, -0.05) is 0 Å². The Labute approximate surface area is 100 Å². The number of carboxylic acid groups (broad SMARTS) is 1. The molecular weight excluding hydrogens is 226 g/mol. The van der Waals surface area contributed by atoms with E-state index in [-0.39, 0.29) is 18.6 Å². The van der Waals surface area contributed by atoms with E-state index < -0.39 is 17.7 Å². The molecule has 1 rings (SSSR count). The van der Waals surface area contributed by atoms with Crippen LogP contribution in [-0.2, 0) is 19.1 Å². The first-order valence-electron chi connectivity index (χ1n) is 5.50. The first-order chi connectivity index (χ1) is 7.77. The van der Waals surface area contributed by atoms with Gasteiger partial charge in [0.15, 0.2) is 6.10 Å². The van der Waals surface area contributed by atoms with Crippen molar-refractivity contribution in [3.8, 4) is 0 Å². The first kappa shape index (κ1) is 13.9. The molecule has 1 unspecified atom stereocenters. The minimum Gasteiger partial charge on any atom is -0.479 e. The molecule has 2 atom stereocenters. The van der Waals surface area contributed by atoms with Crippen molar-refractivity contribution in [2.45, 2.75) is 38.6 Å². The number of aliphatic carboxylic acids is 1. The maximum absolute atomic E-state index is 12.1. The number of morpholine rings is 1. The molecule has 1 fully saturated rings. The molecule has 0 aromatic heterocycles. The fourth-order valence-corrected chi connectivity index (χ4v) is 1.72. The number of methoxy groups -OCH3 is 1. The molecular formula is C11H19NO5. The van der Waals surface area contributed by atoms with Crippen LogP contribution in [0.4, 0.5) is 0 Å². The number of hydrogen-bond acceptors (Lipinski definition) is 4. The summed E-state index contributed by atoms with van der Waals surface area (Å²) in [5.74, 6) is -1.27. The Bertz CT molecular complexity index is 315. The van der Waals surface area contributed by atoms with Gasteiger partial charge in [-0.25, -0.2) is 4.79 Å². The zero-order valence-corrected chi connectivity index (χ0v) is 10.6. The van der Waals surface area contributed by atoms with E-state index in [2.05, 4.69) is 0 Å². The zero-order valence-electron chi connectivity index (χ0n) is 10.6. The van der Waals surface area contributed by atoms with Gasteiger partial charge in [0.1, 0.15) is 5.60 Å². The van der Waals surface area contributed by atoms with E-state index in [1.807, 2.05) is 0 Å². The fraction of sp³-hybridized carbons (Fsp3) is 0.818. The molecule has 1 aliphatic rings. The molecule has 0 aromatic rings. The van der Waals surface area contributed by atoms with E-state index in [9.17, 15) is 9.59 Å². The second-order valence-corrected chi connectivity index (χ2v) is 4.70. The van der Waals surface area contributed by atoms with Crippen LogP contribution < -0.4 is 0 Å². The number of hydrogen-bond donors (Lipinski definition) is 1. The number of carbonyl (C=O) groups is 2. The van der Waals surface area contributed by atoms with Gasteiger partial charge < -0.3 is 19.5 Å². The van der Waals surface area contributed by atoms with Crippen LogP contribution in [0.3, 0.4) is 0 Å². The van der Waals surface area contributed by atoms with Crippen LogP contribution in [0.5, 0.6) is 0 Å². The number of amides is 1. The molecule has 0 aromatic carbocycles. The first-order valence-corrected chi connectivity index (χ1v) is 5.50. The third kappa shape index (κ3) is 3.17. The Morgan fingerprint density at radius 1 is 1.41 bits per heavy atom. The average molecular weight is 245 g/mol. The van der Waals surface area contributed by atoms with Gasteiger partial charge in [0.2, 0.25) is 0 Å². The molecule has 1 aliphatic heterocycles. The second-order valence-electron chi connectivity index (χ2n) is 4.70. The molecule has 0 aliphatic carbocycles. The summed E-state index contributed by atoms with van der Waals surface area (Å²) in [6, 6.07) is 0. The topological polar surface area (TPSA) is 76.1 Å². The smallest absolute Gasteiger partial charge is 0.334 e. The van der Waals surface area contributed by atoms with Gasteiger partial charge in [0.05, 0.1) is 12.6 Å². The fourth-order valence-electron chi connectivity index (χ4n) is 1.72. The van der Waals surface area contributed by atoms with Crippen LogP contribution in [0, 0.1) is 0 Å². The monoisotopic (exact) mass is 245 g/mol. The molecule has 1 N–H and O–H groups in total. The van der Waals surface area contributed by atoms with Crippen molar-refractivity contribution >= 4 is 11.9 Å². The van der Waals surface area contributed by atoms with Crippen LogP contribution in [0.25, 0.3) is 0 Å². The van der Waals surface area contributed by atoms with Gasteiger partial charge in [-0.3, -0.25) is 4.79 Å². The molecule has 17 heavy (non-hydrogen) atoms. The van der Waals surface area contributed by atoms with Gasteiger partial charge in [0.25, 0.3) is 5.91 Å². The third-order valence-corrected chi connectivity index (χ3v) is 2.85.